The number of ether oxygens (including phenoxy) is 1. The van der Waals surface area contributed by atoms with Crippen molar-refractivity contribution in [1.29, 1.82) is 0 Å². The number of anilines is 1. The second-order valence-corrected chi connectivity index (χ2v) is 5.22. The van der Waals surface area contributed by atoms with Gasteiger partial charge in [0.1, 0.15) is 0 Å². The molecule has 19 heavy (non-hydrogen) atoms. The first kappa shape index (κ1) is 15.0. The van der Waals surface area contributed by atoms with Gasteiger partial charge in [-0.05, 0) is 39.0 Å². The van der Waals surface area contributed by atoms with Crippen LogP contribution in [0.3, 0.4) is 0 Å². The van der Waals surface area contributed by atoms with Crippen LogP contribution in [0, 0.1) is 0 Å². The van der Waals surface area contributed by atoms with Crippen molar-refractivity contribution < 1.29 is 14.3 Å². The highest BCUT2D eigenvalue weighted by Crippen LogP contribution is 2.11. The van der Waals surface area contributed by atoms with Gasteiger partial charge in [0.25, 0.3) is 0 Å². The smallest absolute Gasteiger partial charge is 0.337 e. The van der Waals surface area contributed by atoms with E-state index in [1.807, 2.05) is 20.8 Å². The van der Waals surface area contributed by atoms with E-state index in [4.69, 9.17) is 0 Å². The highest BCUT2D eigenvalue weighted by Gasteiger charge is 2.13. The molecule has 5 nitrogen and oxygen atoms in total. The fourth-order valence-corrected chi connectivity index (χ4v) is 1.52. The Balaban J connectivity index is 2.59. The Morgan fingerprint density at radius 1 is 1.26 bits per heavy atom. The van der Waals surface area contributed by atoms with Crippen molar-refractivity contribution in [1.82, 2.24) is 5.32 Å². The van der Waals surface area contributed by atoms with Gasteiger partial charge in [0.05, 0.1) is 19.2 Å². The van der Waals surface area contributed by atoms with E-state index in [1.54, 1.807) is 24.3 Å². The molecule has 0 aliphatic heterocycles. The highest BCUT2D eigenvalue weighted by atomic mass is 16.5. The van der Waals surface area contributed by atoms with Crippen LogP contribution in [0.15, 0.2) is 24.3 Å². The van der Waals surface area contributed by atoms with E-state index in [0.29, 0.717) is 11.3 Å². The summed E-state index contributed by atoms with van der Waals surface area (Å²) < 4.78 is 4.64. The van der Waals surface area contributed by atoms with Crippen molar-refractivity contribution in [3.05, 3.63) is 29.8 Å². The lowest BCUT2D eigenvalue weighted by molar-refractivity contribution is -0.120. The molecule has 1 aromatic carbocycles. The van der Waals surface area contributed by atoms with Crippen molar-refractivity contribution in [3.8, 4) is 0 Å². The Hall–Kier alpha value is -2.04. The molecule has 1 rings (SSSR count). The third-order valence-electron chi connectivity index (χ3n) is 2.25. The van der Waals surface area contributed by atoms with Gasteiger partial charge in [-0.15, -0.1) is 0 Å². The Labute approximate surface area is 113 Å². The standard InChI is InChI=1S/C14H20N2O3/c1-14(2,3)16-12(17)9-15-11-7-5-6-10(8-11)13(18)19-4/h5-8,15H,9H2,1-4H3,(H,16,17). The summed E-state index contributed by atoms with van der Waals surface area (Å²) in [5.74, 6) is -0.501. The van der Waals surface area contributed by atoms with E-state index in [9.17, 15) is 9.59 Å². The minimum atomic E-state index is -0.400. The number of esters is 1. The summed E-state index contributed by atoms with van der Waals surface area (Å²) in [7, 11) is 1.33. The zero-order chi connectivity index (χ0) is 14.5. The SMILES string of the molecule is COC(=O)c1cccc(NCC(=O)NC(C)(C)C)c1. The largest absolute Gasteiger partial charge is 0.465 e. The van der Waals surface area contributed by atoms with Gasteiger partial charge in [0.15, 0.2) is 0 Å². The fourth-order valence-electron chi connectivity index (χ4n) is 1.52. The molecule has 5 heteroatoms. The Bertz CT molecular complexity index is 464. The van der Waals surface area contributed by atoms with E-state index in [1.165, 1.54) is 7.11 Å². The third kappa shape index (κ3) is 5.42. The van der Waals surface area contributed by atoms with Crippen molar-refractivity contribution in [3.63, 3.8) is 0 Å². The zero-order valence-corrected chi connectivity index (χ0v) is 11.7. The molecule has 0 unspecified atom stereocenters. The summed E-state index contributed by atoms with van der Waals surface area (Å²) in [6, 6.07) is 6.83. The normalized spacial score (nSPS) is 10.7. The first-order valence-corrected chi connectivity index (χ1v) is 6.05. The molecule has 0 radical (unpaired) electrons. The topological polar surface area (TPSA) is 67.4 Å². The number of carbonyl (C=O) groups excluding carboxylic acids is 2. The average Bonchev–Trinajstić information content (AvgIpc) is 2.34. The lowest BCUT2D eigenvalue weighted by atomic mass is 10.1. The quantitative estimate of drug-likeness (QED) is 0.814. The molecule has 0 aliphatic rings. The Morgan fingerprint density at radius 3 is 2.53 bits per heavy atom. The van der Waals surface area contributed by atoms with Gasteiger partial charge in [-0.2, -0.15) is 0 Å². The third-order valence-corrected chi connectivity index (χ3v) is 2.25. The molecule has 0 spiro atoms. The Kier molecular flexibility index (Phi) is 4.92. The van der Waals surface area contributed by atoms with Crippen LogP contribution >= 0.6 is 0 Å². The minimum absolute atomic E-state index is 0.101. The molecule has 0 fully saturated rings. The molecular formula is C14H20N2O3. The molecule has 104 valence electrons. The van der Waals surface area contributed by atoms with Crippen molar-refractivity contribution in [2.24, 2.45) is 0 Å². The van der Waals surface area contributed by atoms with Gasteiger partial charge in [0, 0.05) is 11.2 Å². The number of nitrogens with one attached hydrogen (secondary N) is 2. The number of carbonyl (C=O) groups is 2. The van der Waals surface area contributed by atoms with Gasteiger partial charge < -0.3 is 15.4 Å². The molecule has 2 N–H and O–H groups in total. The summed E-state index contributed by atoms with van der Waals surface area (Å²) in [4.78, 5) is 23.0. The van der Waals surface area contributed by atoms with Crippen molar-refractivity contribution in [2.75, 3.05) is 19.0 Å². The van der Waals surface area contributed by atoms with E-state index in [2.05, 4.69) is 15.4 Å². The first-order chi connectivity index (χ1) is 8.81. The molecule has 0 bridgehead atoms. The maximum Gasteiger partial charge on any atom is 0.337 e. The zero-order valence-electron chi connectivity index (χ0n) is 11.7. The number of methoxy groups -OCH3 is 1. The highest BCUT2D eigenvalue weighted by molar-refractivity contribution is 5.90. The predicted octanol–water partition coefficient (Wildman–Crippen LogP) is 1.80. The number of benzene rings is 1. The molecule has 0 heterocycles. The molecule has 0 saturated carbocycles. The molecule has 0 aliphatic carbocycles. The molecule has 1 aromatic rings. The van der Waals surface area contributed by atoms with E-state index >= 15 is 0 Å². The lowest BCUT2D eigenvalue weighted by Gasteiger charge is -2.20. The van der Waals surface area contributed by atoms with Crippen molar-refractivity contribution >= 4 is 17.6 Å². The van der Waals surface area contributed by atoms with Crippen LogP contribution in [0.5, 0.6) is 0 Å². The van der Waals surface area contributed by atoms with Crippen LogP contribution in [0.2, 0.25) is 0 Å². The van der Waals surface area contributed by atoms with Crippen LogP contribution in [0.1, 0.15) is 31.1 Å². The summed E-state index contributed by atoms with van der Waals surface area (Å²) in [6.45, 7) is 5.91. The van der Waals surface area contributed by atoms with Gasteiger partial charge in [-0.25, -0.2) is 4.79 Å². The summed E-state index contributed by atoms with van der Waals surface area (Å²) in [6.07, 6.45) is 0. The van der Waals surface area contributed by atoms with Crippen LogP contribution in [-0.2, 0) is 9.53 Å². The molecule has 0 atom stereocenters. The second kappa shape index (κ2) is 6.22. The predicted molar refractivity (Wildman–Crippen MR) is 74.2 cm³/mol. The van der Waals surface area contributed by atoms with Crippen LogP contribution in [0.4, 0.5) is 5.69 Å². The average molecular weight is 264 g/mol. The fraction of sp³-hybridized carbons (Fsp3) is 0.429. The van der Waals surface area contributed by atoms with Crippen LogP contribution in [0.25, 0.3) is 0 Å². The number of rotatable bonds is 4. The summed E-state index contributed by atoms with van der Waals surface area (Å²) in [5.41, 5.74) is 0.891. The Morgan fingerprint density at radius 2 is 1.95 bits per heavy atom. The van der Waals surface area contributed by atoms with E-state index in [-0.39, 0.29) is 18.0 Å². The summed E-state index contributed by atoms with van der Waals surface area (Å²) >= 11 is 0. The summed E-state index contributed by atoms with van der Waals surface area (Å²) in [5, 5.41) is 5.81. The van der Waals surface area contributed by atoms with Gasteiger partial charge in [-0.3, -0.25) is 4.79 Å². The molecule has 0 saturated heterocycles. The maximum atomic E-state index is 11.6. The number of hydrogen-bond acceptors (Lipinski definition) is 4. The molecular weight excluding hydrogens is 244 g/mol. The van der Waals surface area contributed by atoms with Crippen LogP contribution in [-0.4, -0.2) is 31.1 Å². The van der Waals surface area contributed by atoms with Gasteiger partial charge in [-0.1, -0.05) is 6.07 Å². The van der Waals surface area contributed by atoms with E-state index in [0.717, 1.165) is 0 Å². The lowest BCUT2D eigenvalue weighted by Crippen LogP contribution is -2.43. The van der Waals surface area contributed by atoms with Crippen LogP contribution < -0.4 is 10.6 Å². The number of hydrogen-bond donors (Lipinski definition) is 2. The number of amides is 1. The minimum Gasteiger partial charge on any atom is -0.465 e. The van der Waals surface area contributed by atoms with Crippen molar-refractivity contribution in [2.45, 2.75) is 26.3 Å². The first-order valence-electron chi connectivity index (χ1n) is 6.05. The second-order valence-electron chi connectivity index (χ2n) is 5.22. The maximum absolute atomic E-state index is 11.6. The molecule has 0 aromatic heterocycles. The van der Waals surface area contributed by atoms with E-state index < -0.39 is 5.97 Å². The van der Waals surface area contributed by atoms with Gasteiger partial charge in [0.2, 0.25) is 5.91 Å². The monoisotopic (exact) mass is 264 g/mol. The van der Waals surface area contributed by atoms with Gasteiger partial charge >= 0.3 is 5.97 Å². The molecule has 1 amide bonds.